The Morgan fingerprint density at radius 1 is 0.333 bits per heavy atom. The summed E-state index contributed by atoms with van der Waals surface area (Å²) in [4.78, 5) is 40.2. The van der Waals surface area contributed by atoms with Crippen LogP contribution in [0.4, 0.5) is 0 Å². The molecule has 8 heterocycles. The lowest BCUT2D eigenvalue weighted by Gasteiger charge is -2.20. The summed E-state index contributed by atoms with van der Waals surface area (Å²) in [7, 11) is 24.7. The Bertz CT molecular complexity index is 6060. The predicted octanol–water partition coefficient (Wildman–Crippen LogP) is 20.8. The van der Waals surface area contributed by atoms with Crippen molar-refractivity contribution in [1.29, 1.82) is 0 Å². The number of aromatic nitrogens is 8. The molecule has 24 nitrogen and oxygen atoms in total. The second-order valence-electron chi connectivity index (χ2n) is 34.2. The third-order valence-electron chi connectivity index (χ3n) is 24.8. The number of nitrogens with two attached hydrogens (primary N) is 1. The maximum atomic E-state index is 9.95. The van der Waals surface area contributed by atoms with Crippen LogP contribution in [0.1, 0.15) is 92.5 Å². The monoisotopic (exact) mass is 1840 g/mol. The second-order valence-corrected chi connectivity index (χ2v) is 34.2. The summed E-state index contributed by atoms with van der Waals surface area (Å²) in [6.07, 6.45) is 29.5. The first kappa shape index (κ1) is 106. The summed E-state index contributed by atoms with van der Waals surface area (Å²) in [6.45, 7) is 34.8. The van der Waals surface area contributed by atoms with Crippen molar-refractivity contribution in [1.82, 2.24) is 74.6 Å². The Hall–Kier alpha value is -12.4. The molecule has 0 amide bonds. The van der Waals surface area contributed by atoms with Crippen LogP contribution in [0, 0.1) is 0 Å². The van der Waals surface area contributed by atoms with Crippen LogP contribution in [0.25, 0.3) is 87.2 Å². The van der Waals surface area contributed by atoms with Crippen molar-refractivity contribution < 1.29 is 38.3 Å². The van der Waals surface area contributed by atoms with Crippen molar-refractivity contribution in [3.8, 4) is 46.0 Å². The minimum atomic E-state index is 0.341. The third-order valence-corrected chi connectivity index (χ3v) is 24.8. The first-order valence-electron chi connectivity index (χ1n) is 47.6. The zero-order chi connectivity index (χ0) is 97.1. The van der Waals surface area contributed by atoms with Crippen LogP contribution >= 0.6 is 0 Å². The molecule has 0 saturated heterocycles. The van der Waals surface area contributed by atoms with Gasteiger partial charge >= 0.3 is 0 Å². The fourth-order valence-electron chi connectivity index (χ4n) is 16.8. The molecule has 24 heteroatoms. The summed E-state index contributed by atoms with van der Waals surface area (Å²) in [5.41, 5.74) is 24.9. The van der Waals surface area contributed by atoms with E-state index in [0.29, 0.717) is 18.3 Å². The number of hydrogen-bond donors (Lipinski definition) is 11. The van der Waals surface area contributed by atoms with E-state index in [9.17, 15) is 5.11 Å². The normalized spacial score (nSPS) is 11.2. The highest BCUT2D eigenvalue weighted by Gasteiger charge is 2.18. The van der Waals surface area contributed by atoms with Crippen molar-refractivity contribution in [2.45, 2.75) is 105 Å². The zero-order valence-electron chi connectivity index (χ0n) is 84.0. The maximum absolute atomic E-state index is 9.95. The highest BCUT2D eigenvalue weighted by atomic mass is 16.5. The molecule has 8 aromatic heterocycles. The van der Waals surface area contributed by atoms with Gasteiger partial charge in [0.25, 0.3) is 0 Å². The van der Waals surface area contributed by atoms with E-state index in [4.69, 9.17) is 38.9 Å². The molecule has 8 aromatic carbocycles. The number of aromatic amines is 8. The molecule has 0 radical (unpaired) electrons. The number of H-pyrrole nitrogens is 8. The van der Waals surface area contributed by atoms with Gasteiger partial charge in [-0.15, -0.1) is 13.2 Å². The number of aromatic hydroxyl groups is 1. The molecule has 0 fully saturated rings. The van der Waals surface area contributed by atoms with E-state index in [0.717, 1.165) is 237 Å². The third kappa shape index (κ3) is 29.8. The Kier molecular flexibility index (Phi) is 44.2. The fourth-order valence-corrected chi connectivity index (χ4v) is 16.8. The number of ether oxygens (including phenoxy) is 7. The van der Waals surface area contributed by atoms with Crippen molar-refractivity contribution in [3.05, 3.63) is 265 Å². The number of likely N-dealkylation sites (N-methyl/N-ethyl adjacent to an activating group) is 6. The van der Waals surface area contributed by atoms with Crippen LogP contribution in [0.15, 0.2) is 220 Å². The van der Waals surface area contributed by atoms with Gasteiger partial charge in [0.05, 0.1) is 49.8 Å². The van der Waals surface area contributed by atoms with Gasteiger partial charge in [0.15, 0.2) is 0 Å². The Morgan fingerprint density at radius 3 is 0.874 bits per heavy atom. The molecule has 0 saturated carbocycles. The van der Waals surface area contributed by atoms with Crippen LogP contribution in [-0.4, -0.2) is 264 Å². The maximum Gasteiger partial charge on any atom is 0.128 e. The van der Waals surface area contributed by atoms with Gasteiger partial charge in [-0.05, 0) is 295 Å². The van der Waals surface area contributed by atoms with E-state index in [1.165, 1.54) is 77.7 Å². The van der Waals surface area contributed by atoms with Gasteiger partial charge in [-0.3, -0.25) is 4.90 Å². The van der Waals surface area contributed by atoms with Crippen molar-refractivity contribution in [3.63, 3.8) is 0 Å². The molecule has 16 rings (SSSR count). The van der Waals surface area contributed by atoms with Crippen LogP contribution in [-0.2, 0) is 51.4 Å². The zero-order valence-corrected chi connectivity index (χ0v) is 84.0. The predicted molar refractivity (Wildman–Crippen MR) is 568 cm³/mol. The van der Waals surface area contributed by atoms with Crippen LogP contribution in [0.3, 0.4) is 0 Å². The van der Waals surface area contributed by atoms with Gasteiger partial charge < -0.3 is 114 Å². The summed E-state index contributed by atoms with van der Waals surface area (Å²) in [5, 5.41) is 22.5. The van der Waals surface area contributed by atoms with Crippen molar-refractivity contribution >= 4 is 87.2 Å². The SMILES string of the molecule is C=CCN(CC=C)CCc1c[nH]c2cccc(O)c12.CCCN(C)CCc1c[nH]c2cccc(OC)c12.CCN(C)CCc1c[nH]c2cccc(OC)c12.CCN(CC)CCc1c[nH]c2cccc(OC)c12.CNCCc1c[nH]c2cccc(OC)c12.COc1cccc2[nH]cc(CCN(C)C(C)C)c12.COc1cccc2[nH]cc(CCN(C)C)c12.COc1cccc2[nH]cc(CCN)c12. The van der Waals surface area contributed by atoms with E-state index in [1.807, 2.05) is 135 Å². The van der Waals surface area contributed by atoms with E-state index in [1.54, 1.807) is 55.8 Å². The van der Waals surface area contributed by atoms with Crippen LogP contribution in [0.2, 0.25) is 0 Å². The number of hydrogen-bond acceptors (Lipinski definition) is 16. The molecule has 726 valence electrons. The number of phenolic OH excluding ortho intramolecular Hbond substituents is 1. The standard InChI is InChI=1S/C16H20N2O.3C15H22N2O.C14H20N2O.C13H18N2O.C12H16N2O.C11H14N2O/c1-3-9-18(10-4-2)11-8-13-12-17-14-6-5-7-15(19)16(13)14;1-11(2)17(3)9-8-12-10-16-13-6-5-7-14(18-4)15(12)13;1-4-9-17(2)10-8-12-11-16-13-6-5-7-14(18-3)15(12)13;1-4-17(5-2)10-9-12-11-16-13-7-6-8-14(18-3)15(12)13;1-4-16(2)9-8-11-10-15-12-6-5-7-13(17-3)14(11)12;1-15(2)8-7-10-9-14-11-5-4-6-12(16-3)13(10)11;1-13-7-6-9-8-14-10-4-3-5-11(15-2)12(9)10;1-14-10-4-2-3-9-11(10)8(5-6-12)7-13-9/h3-7,12,17,19H,1-2,8-11H2;5-7,10-11,16H,8-9H2,1-4H3;5-7,11,16H,4,8-10H2,1-3H3;6-8,11,16H,4-5,9-10H2,1-3H3;5-7,10,15H,4,8-9H2,1-3H3;4-6,9,14H,7-8H2,1-3H3;3-5,8,13-14H,6-7H2,1-2H3;2-4,7,13H,5-6,12H2,1H3. The van der Waals surface area contributed by atoms with Crippen molar-refractivity contribution in [2.24, 2.45) is 5.73 Å². The minimum absolute atomic E-state index is 0.341. The van der Waals surface area contributed by atoms with Gasteiger partial charge in [-0.2, -0.15) is 0 Å². The van der Waals surface area contributed by atoms with E-state index >= 15 is 0 Å². The molecule has 12 N–H and O–H groups in total. The summed E-state index contributed by atoms with van der Waals surface area (Å²) in [6, 6.07) is 48.8. The minimum Gasteiger partial charge on any atom is -0.507 e. The largest absolute Gasteiger partial charge is 0.507 e. The lowest BCUT2D eigenvalue weighted by molar-refractivity contribution is 0.277. The molecule has 135 heavy (non-hydrogen) atoms. The number of nitrogens with one attached hydrogen (secondary N) is 9. The molecule has 0 aliphatic rings. The first-order valence-corrected chi connectivity index (χ1v) is 47.6. The summed E-state index contributed by atoms with van der Waals surface area (Å²) < 4.78 is 37.9. The summed E-state index contributed by atoms with van der Waals surface area (Å²) >= 11 is 0. The molecule has 0 aliphatic heterocycles. The molecule has 0 aliphatic carbocycles. The van der Waals surface area contributed by atoms with Gasteiger partial charge in [0, 0.05) is 195 Å². The smallest absolute Gasteiger partial charge is 0.128 e. The van der Waals surface area contributed by atoms with Crippen molar-refractivity contribution in [2.75, 3.05) is 184 Å². The molecular formula is C111H154N16O8. The van der Waals surface area contributed by atoms with Crippen LogP contribution < -0.4 is 44.2 Å². The molecule has 0 unspecified atom stereocenters. The number of methoxy groups -OCH3 is 7. The number of rotatable bonds is 40. The molecule has 16 aromatic rings. The van der Waals surface area contributed by atoms with Gasteiger partial charge in [0.1, 0.15) is 46.0 Å². The quantitative estimate of drug-likeness (QED) is 0.0159. The van der Waals surface area contributed by atoms with Gasteiger partial charge in [-0.25, -0.2) is 0 Å². The highest BCUT2D eigenvalue weighted by molar-refractivity contribution is 5.95. The molecular weight excluding hydrogens is 1690 g/mol. The summed E-state index contributed by atoms with van der Waals surface area (Å²) in [5.74, 6) is 6.98. The number of benzene rings is 8. The van der Waals surface area contributed by atoms with E-state index in [2.05, 4.69) is 238 Å². The lowest BCUT2D eigenvalue weighted by Crippen LogP contribution is -2.28. The Morgan fingerprint density at radius 2 is 0.600 bits per heavy atom. The average Bonchev–Trinajstić information content (AvgIpc) is 1.69. The Balaban J connectivity index is 0.000000173. The number of fused-ring (bicyclic) bond motifs is 8. The van der Waals surface area contributed by atoms with E-state index < -0.39 is 0 Å². The fraction of sp³-hybridized carbons (Fsp3) is 0.387. The van der Waals surface area contributed by atoms with Gasteiger partial charge in [0.2, 0.25) is 0 Å². The Labute approximate surface area is 801 Å². The van der Waals surface area contributed by atoms with Gasteiger partial charge in [-0.1, -0.05) is 88.4 Å². The number of nitrogens with zero attached hydrogens (tertiary/aromatic N) is 6. The first-order chi connectivity index (χ1) is 65.6. The molecule has 0 atom stereocenters. The average molecular weight is 1840 g/mol. The van der Waals surface area contributed by atoms with E-state index in [-0.39, 0.29) is 0 Å². The molecule has 0 spiro atoms. The van der Waals surface area contributed by atoms with Crippen LogP contribution in [0.5, 0.6) is 46.0 Å². The lowest BCUT2D eigenvalue weighted by atomic mass is 10.1. The number of phenols is 1. The molecule has 0 bridgehead atoms. The highest BCUT2D eigenvalue weighted by Crippen LogP contribution is 2.36. The second kappa shape index (κ2) is 56.1. The topological polar surface area (TPSA) is 269 Å².